The van der Waals surface area contributed by atoms with Gasteiger partial charge in [0.15, 0.2) is 5.65 Å². The average molecular weight is 496 g/mol. The molecule has 6 rings (SSSR count). The van der Waals surface area contributed by atoms with Crippen LogP contribution >= 0.6 is 0 Å². The van der Waals surface area contributed by atoms with Gasteiger partial charge in [0, 0.05) is 25.6 Å². The van der Waals surface area contributed by atoms with Gasteiger partial charge in [-0.25, -0.2) is 22.8 Å². The fraction of sp³-hybridized carbons (Fsp3) is 0.480. The lowest BCUT2D eigenvalue weighted by atomic mass is 9.81. The van der Waals surface area contributed by atoms with Crippen molar-refractivity contribution in [3.8, 4) is 5.69 Å². The van der Waals surface area contributed by atoms with E-state index in [1.54, 1.807) is 10.7 Å². The van der Waals surface area contributed by atoms with Gasteiger partial charge in [-0.15, -0.1) is 0 Å². The van der Waals surface area contributed by atoms with Crippen molar-refractivity contribution < 1.29 is 17.9 Å². The Bertz CT molecular complexity index is 1380. The molecular weight excluding hydrogens is 466 g/mol. The third kappa shape index (κ3) is 4.08. The Morgan fingerprint density at radius 2 is 1.91 bits per heavy atom. The molecule has 4 heterocycles. The summed E-state index contributed by atoms with van der Waals surface area (Å²) in [5.74, 6) is -0.398. The van der Waals surface area contributed by atoms with Crippen LogP contribution in [0, 0.1) is 0 Å². The summed E-state index contributed by atoms with van der Waals surface area (Å²) in [7, 11) is -3.73. The van der Waals surface area contributed by atoms with Gasteiger partial charge < -0.3 is 9.64 Å². The van der Waals surface area contributed by atoms with Crippen LogP contribution in [0.3, 0.4) is 0 Å². The molecule has 2 aliphatic heterocycles. The molecule has 1 aliphatic carbocycles. The molecule has 1 spiro atoms. The molecule has 3 aromatic rings. The molecule has 0 radical (unpaired) electrons. The molecule has 0 unspecified atom stereocenters. The lowest BCUT2D eigenvalue weighted by molar-refractivity contribution is -0.0948. The number of carbonyl (C=O) groups excluding carboxylic acids is 1. The average Bonchev–Trinajstić information content (AvgIpc) is 3.15. The molecular formula is C25H29N5O4S. The van der Waals surface area contributed by atoms with E-state index in [9.17, 15) is 13.2 Å². The van der Waals surface area contributed by atoms with Gasteiger partial charge in [-0.1, -0.05) is 24.6 Å². The number of carbonyl (C=O) groups is 1. The molecule has 1 saturated carbocycles. The number of sulfonamides is 1. The number of fused-ring (bicyclic) bond motifs is 1. The van der Waals surface area contributed by atoms with Gasteiger partial charge in [-0.3, -0.25) is 4.79 Å². The minimum atomic E-state index is -3.73. The summed E-state index contributed by atoms with van der Waals surface area (Å²) < 4.78 is 33.6. The zero-order valence-corrected chi connectivity index (χ0v) is 20.6. The number of hydrogen-bond donors (Lipinski definition) is 1. The second-order valence-electron chi connectivity index (χ2n) is 10.0. The van der Waals surface area contributed by atoms with Crippen molar-refractivity contribution in [2.24, 2.45) is 0 Å². The van der Waals surface area contributed by atoms with E-state index < -0.39 is 15.9 Å². The molecule has 2 saturated heterocycles. The summed E-state index contributed by atoms with van der Waals surface area (Å²) in [5, 5.41) is 5.95. The van der Waals surface area contributed by atoms with Crippen molar-refractivity contribution >= 4 is 32.7 Å². The smallest absolute Gasteiger partial charge is 0.283 e. The highest BCUT2D eigenvalue weighted by atomic mass is 32.2. The first-order valence-electron chi connectivity index (χ1n) is 12.2. The second-order valence-corrected chi connectivity index (χ2v) is 11.8. The fourth-order valence-corrected chi connectivity index (χ4v) is 5.85. The third-order valence-corrected chi connectivity index (χ3v) is 7.94. The number of anilines is 1. The molecule has 10 heteroatoms. The van der Waals surface area contributed by atoms with Crippen LogP contribution in [0.4, 0.5) is 5.69 Å². The van der Waals surface area contributed by atoms with E-state index in [1.807, 2.05) is 30.3 Å². The zero-order valence-electron chi connectivity index (χ0n) is 19.7. The number of nitrogens with one attached hydrogen (secondary N) is 1. The number of amides is 1. The zero-order chi connectivity index (χ0) is 24.2. The predicted molar refractivity (Wildman–Crippen MR) is 133 cm³/mol. The maximum Gasteiger partial charge on any atom is 0.283 e. The van der Waals surface area contributed by atoms with Crippen molar-refractivity contribution in [3.63, 3.8) is 0 Å². The molecule has 3 fully saturated rings. The second kappa shape index (κ2) is 8.30. The summed E-state index contributed by atoms with van der Waals surface area (Å²) in [4.78, 5) is 19.8. The molecule has 1 N–H and O–H groups in total. The topological polar surface area (TPSA) is 106 Å². The summed E-state index contributed by atoms with van der Waals surface area (Å²) in [6.07, 6.45) is 7.55. The van der Waals surface area contributed by atoms with Crippen molar-refractivity contribution in [1.29, 1.82) is 0 Å². The maximum atomic E-state index is 12.9. The van der Waals surface area contributed by atoms with Gasteiger partial charge in [0.2, 0.25) is 10.0 Å². The first-order chi connectivity index (χ1) is 16.8. The highest BCUT2D eigenvalue weighted by Gasteiger charge is 2.46. The number of pyridine rings is 1. The van der Waals surface area contributed by atoms with E-state index in [4.69, 9.17) is 9.84 Å². The van der Waals surface area contributed by atoms with Gasteiger partial charge in [-0.2, -0.15) is 5.10 Å². The molecule has 3 aliphatic rings. The largest absolute Gasteiger partial charge is 0.371 e. The molecule has 9 nitrogen and oxygen atoms in total. The first kappa shape index (κ1) is 22.5. The minimum absolute atomic E-state index is 0.0562. The Kier molecular flexibility index (Phi) is 5.33. The van der Waals surface area contributed by atoms with Crippen molar-refractivity contribution in [2.45, 2.75) is 50.0 Å². The highest BCUT2D eigenvalue weighted by molar-refractivity contribution is 7.89. The summed E-state index contributed by atoms with van der Waals surface area (Å²) in [6, 6.07) is 11.4. The van der Waals surface area contributed by atoms with Gasteiger partial charge in [0.25, 0.3) is 5.91 Å². The van der Waals surface area contributed by atoms with Crippen molar-refractivity contribution in [3.05, 3.63) is 47.8 Å². The van der Waals surface area contributed by atoms with Crippen LogP contribution in [0.25, 0.3) is 16.7 Å². The number of ether oxygens (including phenoxy) is 1. The lowest BCUT2D eigenvalue weighted by Gasteiger charge is -2.53. The Labute approximate surface area is 204 Å². The Morgan fingerprint density at radius 1 is 1.14 bits per heavy atom. The molecule has 0 atom stereocenters. The molecule has 35 heavy (non-hydrogen) atoms. The normalized spacial score (nSPS) is 20.0. The number of rotatable bonds is 5. The van der Waals surface area contributed by atoms with Crippen LogP contribution in [0.5, 0.6) is 0 Å². The van der Waals surface area contributed by atoms with Crippen molar-refractivity contribution in [1.82, 2.24) is 19.5 Å². The number of para-hydroxylation sites is 1. The van der Waals surface area contributed by atoms with E-state index in [-0.39, 0.29) is 11.3 Å². The number of aromatic nitrogens is 3. The minimum Gasteiger partial charge on any atom is -0.371 e. The van der Waals surface area contributed by atoms with Gasteiger partial charge >= 0.3 is 0 Å². The van der Waals surface area contributed by atoms with Crippen LogP contribution in [0.2, 0.25) is 0 Å². The van der Waals surface area contributed by atoms with E-state index >= 15 is 0 Å². The van der Waals surface area contributed by atoms with E-state index in [1.165, 1.54) is 6.42 Å². The van der Waals surface area contributed by atoms with Gasteiger partial charge in [0.05, 0.1) is 28.7 Å². The molecule has 1 aromatic carbocycles. The summed E-state index contributed by atoms with van der Waals surface area (Å²) >= 11 is 0. The quantitative estimate of drug-likeness (QED) is 0.580. The van der Waals surface area contributed by atoms with E-state index in [0.717, 1.165) is 80.5 Å². The maximum absolute atomic E-state index is 12.9. The standard InChI is InChI=1S/C25H29N5O4S/c1-35(32,33)28-24(31)19-14-20(29-15-25(16-29)12-5-6-13-34-25)21-22(17-8-7-9-17)27-30(23(21)26-19)18-10-3-2-4-11-18/h2-4,10-11,14,17H,5-9,12-13,15-16H2,1H3,(H,28,31). The highest BCUT2D eigenvalue weighted by Crippen LogP contribution is 2.45. The van der Waals surface area contributed by atoms with E-state index in [0.29, 0.717) is 11.6 Å². The molecule has 1 amide bonds. The third-order valence-electron chi connectivity index (χ3n) is 7.38. The Hall–Kier alpha value is -2.98. The number of nitrogens with zero attached hydrogens (tertiary/aromatic N) is 4. The Morgan fingerprint density at radius 3 is 2.54 bits per heavy atom. The van der Waals surface area contributed by atoms with Crippen LogP contribution in [0.1, 0.15) is 60.6 Å². The Balaban J connectivity index is 1.52. The summed E-state index contributed by atoms with van der Waals surface area (Å²) in [6.45, 7) is 2.25. The predicted octanol–water partition coefficient (Wildman–Crippen LogP) is 3.14. The van der Waals surface area contributed by atoms with Crippen LogP contribution in [-0.2, 0) is 14.8 Å². The monoisotopic (exact) mass is 495 g/mol. The molecule has 2 aromatic heterocycles. The summed E-state index contributed by atoms with van der Waals surface area (Å²) in [5.41, 5.74) is 3.20. The van der Waals surface area contributed by atoms with Crippen LogP contribution in [-0.4, -0.2) is 60.6 Å². The van der Waals surface area contributed by atoms with Crippen LogP contribution in [0.15, 0.2) is 36.4 Å². The van der Waals surface area contributed by atoms with Gasteiger partial charge in [0.1, 0.15) is 11.3 Å². The van der Waals surface area contributed by atoms with E-state index in [2.05, 4.69) is 14.6 Å². The van der Waals surface area contributed by atoms with Crippen LogP contribution < -0.4 is 9.62 Å². The number of hydrogen-bond acceptors (Lipinski definition) is 7. The lowest BCUT2D eigenvalue weighted by Crippen LogP contribution is -2.64. The molecule has 0 bridgehead atoms. The first-order valence-corrected chi connectivity index (χ1v) is 14.1. The molecule has 184 valence electrons. The van der Waals surface area contributed by atoms with Gasteiger partial charge in [-0.05, 0) is 50.3 Å². The van der Waals surface area contributed by atoms with Crippen molar-refractivity contribution in [2.75, 3.05) is 30.9 Å². The fourth-order valence-electron chi connectivity index (χ4n) is 5.40. The number of benzene rings is 1. The SMILES string of the molecule is CS(=O)(=O)NC(=O)c1cc(N2CC3(CCCCO3)C2)c2c(C3CCC3)nn(-c3ccccc3)c2n1.